The van der Waals surface area contributed by atoms with Crippen molar-refractivity contribution in [2.75, 3.05) is 6.61 Å². The van der Waals surface area contributed by atoms with Crippen LogP contribution in [0.5, 0.6) is 0 Å². The minimum atomic E-state index is -0.208. The Kier molecular flexibility index (Phi) is 10.5. The lowest BCUT2D eigenvalue weighted by atomic mass is 9.43. The van der Waals surface area contributed by atoms with Gasteiger partial charge in [0.05, 0.1) is 31.5 Å². The number of hydrogen-bond acceptors (Lipinski definition) is 4. The molecule has 6 rings (SSSR count). The molecule has 4 saturated carbocycles. The maximum atomic E-state index is 11.7. The molecule has 4 aliphatic rings. The van der Waals surface area contributed by atoms with Gasteiger partial charge in [0.15, 0.2) is 0 Å². The van der Waals surface area contributed by atoms with Crippen LogP contribution >= 0.6 is 0 Å². The van der Waals surface area contributed by atoms with E-state index in [0.717, 1.165) is 44.9 Å². The Morgan fingerprint density at radius 2 is 1.40 bits per heavy atom. The van der Waals surface area contributed by atoms with E-state index in [9.17, 15) is 10.2 Å². The third kappa shape index (κ3) is 6.82. The van der Waals surface area contributed by atoms with E-state index < -0.39 is 0 Å². The molecule has 0 bridgehead atoms. The Balaban J connectivity index is 1.21. The summed E-state index contributed by atoms with van der Waals surface area (Å²) >= 11 is 0. The number of fused-ring (bicyclic) bond motifs is 5. The lowest BCUT2D eigenvalue weighted by molar-refractivity contribution is -0.194. The molecule has 0 aromatic heterocycles. The largest absolute Gasteiger partial charge is 0.396 e. The first-order chi connectivity index (χ1) is 21.7. The van der Waals surface area contributed by atoms with Crippen molar-refractivity contribution in [3.05, 3.63) is 71.8 Å². The highest BCUT2D eigenvalue weighted by molar-refractivity contribution is 5.16. The average Bonchev–Trinajstić information content (AvgIpc) is 3.33. The average molecular weight is 617 g/mol. The fourth-order valence-electron chi connectivity index (χ4n) is 11.3. The smallest absolute Gasteiger partial charge is 0.0720 e. The van der Waals surface area contributed by atoms with Gasteiger partial charge in [-0.25, -0.2) is 0 Å². The molecule has 4 nitrogen and oxygen atoms in total. The van der Waals surface area contributed by atoms with Crippen molar-refractivity contribution in [1.29, 1.82) is 0 Å². The number of hydrogen-bond donors (Lipinski definition) is 2. The molecule has 4 aliphatic carbocycles. The summed E-state index contributed by atoms with van der Waals surface area (Å²) in [5.41, 5.74) is 2.94. The summed E-state index contributed by atoms with van der Waals surface area (Å²) in [6.07, 6.45) is 11.7. The van der Waals surface area contributed by atoms with Crippen LogP contribution in [-0.2, 0) is 22.7 Å². The van der Waals surface area contributed by atoms with Gasteiger partial charge >= 0.3 is 0 Å². The van der Waals surface area contributed by atoms with Crippen molar-refractivity contribution in [3.63, 3.8) is 0 Å². The molecule has 0 heterocycles. The third-order valence-electron chi connectivity index (χ3n) is 13.6. The second kappa shape index (κ2) is 14.2. The summed E-state index contributed by atoms with van der Waals surface area (Å²) in [6, 6.07) is 21.3. The number of aliphatic hydroxyl groups excluding tert-OH is 2. The van der Waals surface area contributed by atoms with Gasteiger partial charge in [-0.05, 0) is 115 Å². The molecule has 2 aromatic carbocycles. The Morgan fingerprint density at radius 1 is 0.756 bits per heavy atom. The molecule has 2 aromatic rings. The van der Waals surface area contributed by atoms with Gasteiger partial charge in [-0.2, -0.15) is 0 Å². The van der Waals surface area contributed by atoms with Crippen LogP contribution in [-0.4, -0.2) is 35.1 Å². The summed E-state index contributed by atoms with van der Waals surface area (Å²) in [4.78, 5) is 0. The molecule has 248 valence electrons. The molecule has 0 amide bonds. The van der Waals surface area contributed by atoms with Gasteiger partial charge in [0.1, 0.15) is 0 Å². The second-order valence-electron chi connectivity index (χ2n) is 16.3. The minimum absolute atomic E-state index is 0.186. The van der Waals surface area contributed by atoms with E-state index in [1.807, 2.05) is 0 Å². The second-order valence-corrected chi connectivity index (χ2v) is 16.3. The van der Waals surface area contributed by atoms with E-state index in [0.29, 0.717) is 54.6 Å². The van der Waals surface area contributed by atoms with Crippen LogP contribution in [0.15, 0.2) is 60.7 Å². The molecular weight excluding hydrogens is 556 g/mol. The zero-order valence-corrected chi connectivity index (χ0v) is 28.5. The van der Waals surface area contributed by atoms with Crippen LogP contribution in [0.3, 0.4) is 0 Å². The van der Waals surface area contributed by atoms with Crippen LogP contribution in [0.1, 0.15) is 103 Å². The molecule has 4 heteroatoms. The maximum absolute atomic E-state index is 11.7. The van der Waals surface area contributed by atoms with Crippen molar-refractivity contribution in [3.8, 4) is 0 Å². The van der Waals surface area contributed by atoms with Gasteiger partial charge in [0.25, 0.3) is 0 Å². The van der Waals surface area contributed by atoms with Crippen molar-refractivity contribution in [1.82, 2.24) is 0 Å². The molecule has 0 spiro atoms. The monoisotopic (exact) mass is 616 g/mol. The minimum Gasteiger partial charge on any atom is -0.396 e. The van der Waals surface area contributed by atoms with Crippen LogP contribution in [0.4, 0.5) is 0 Å². The molecule has 2 N–H and O–H groups in total. The maximum Gasteiger partial charge on any atom is 0.0720 e. The van der Waals surface area contributed by atoms with Crippen molar-refractivity contribution >= 4 is 0 Å². The summed E-state index contributed by atoms with van der Waals surface area (Å²) in [5, 5.41) is 21.2. The molecular formula is C41H60O4. The highest BCUT2D eigenvalue weighted by Crippen LogP contribution is 2.69. The molecule has 0 unspecified atom stereocenters. The number of aliphatic hydroxyl groups is 2. The van der Waals surface area contributed by atoms with Crippen molar-refractivity contribution in [2.24, 2.45) is 52.3 Å². The molecule has 0 aliphatic heterocycles. The predicted molar refractivity (Wildman–Crippen MR) is 181 cm³/mol. The number of rotatable bonds is 12. The first-order valence-electron chi connectivity index (χ1n) is 18.3. The van der Waals surface area contributed by atoms with E-state index in [1.54, 1.807) is 0 Å². The highest BCUT2D eigenvalue weighted by atomic mass is 16.5. The first kappa shape index (κ1) is 33.2. The Labute approximate surface area is 273 Å². The Morgan fingerprint density at radius 3 is 2.07 bits per heavy atom. The Hall–Kier alpha value is -1.72. The molecule has 12 atom stereocenters. The van der Waals surface area contributed by atoms with E-state index >= 15 is 0 Å². The highest BCUT2D eigenvalue weighted by Gasteiger charge is 2.64. The predicted octanol–water partition coefficient (Wildman–Crippen LogP) is 8.83. The van der Waals surface area contributed by atoms with Gasteiger partial charge in [0.2, 0.25) is 0 Å². The van der Waals surface area contributed by atoms with Gasteiger partial charge in [-0.3, -0.25) is 0 Å². The number of ether oxygens (including phenoxy) is 2. The number of benzene rings is 2. The van der Waals surface area contributed by atoms with Crippen LogP contribution in [0.2, 0.25) is 0 Å². The van der Waals surface area contributed by atoms with Crippen LogP contribution < -0.4 is 0 Å². The standard InChI is InChI=1S/C41H60O4/c1-28(25-42)12-11-13-29(2)39-37(43)24-35-33-23-38(45-27-31-16-9-6-10-17-31)36-22-32(44-26-30-14-7-5-8-15-30)18-20-40(36,3)34(33)19-21-41(35,39)4/h5-10,14-17,28-29,32-39,42-43H,11-13,18-27H2,1-4H3/t28-,29-,32+,33-,34+,35+,36-,37+,38-,39+,40-,41+/m1/s1. The zero-order valence-electron chi connectivity index (χ0n) is 28.5. The fourth-order valence-corrected chi connectivity index (χ4v) is 11.3. The van der Waals surface area contributed by atoms with Gasteiger partial charge in [-0.15, -0.1) is 0 Å². The van der Waals surface area contributed by atoms with Crippen LogP contribution in [0.25, 0.3) is 0 Å². The molecule has 0 saturated heterocycles. The molecule has 4 fully saturated rings. The van der Waals surface area contributed by atoms with Gasteiger partial charge in [0, 0.05) is 6.61 Å². The van der Waals surface area contributed by atoms with Gasteiger partial charge in [-0.1, -0.05) is 101 Å². The van der Waals surface area contributed by atoms with Crippen molar-refractivity contribution in [2.45, 2.75) is 123 Å². The quantitative estimate of drug-likeness (QED) is 0.250. The summed E-state index contributed by atoms with van der Waals surface area (Å²) in [7, 11) is 0. The van der Waals surface area contributed by atoms with E-state index in [1.165, 1.54) is 30.4 Å². The SMILES string of the molecule is C[C@@H](CO)CCC[C@@H](C)[C@H]1[C@@H](O)C[C@H]2[C@@H]3C[C@@H](OCc4ccccc4)[C@H]4C[C@@H](OCc5ccccc5)CC[C@]4(C)[C@H]3CC[C@]12C. The zero-order chi connectivity index (χ0) is 31.6. The van der Waals surface area contributed by atoms with Gasteiger partial charge < -0.3 is 19.7 Å². The summed E-state index contributed by atoms with van der Waals surface area (Å²) in [5.74, 6) is 3.59. The normalized spacial score (nSPS) is 39.0. The summed E-state index contributed by atoms with van der Waals surface area (Å²) in [6.45, 7) is 11.3. The molecule has 0 radical (unpaired) electrons. The summed E-state index contributed by atoms with van der Waals surface area (Å²) < 4.78 is 13.6. The molecule has 45 heavy (non-hydrogen) atoms. The Bertz CT molecular complexity index is 1200. The third-order valence-corrected chi connectivity index (χ3v) is 13.6. The topological polar surface area (TPSA) is 58.9 Å². The first-order valence-corrected chi connectivity index (χ1v) is 18.3. The van der Waals surface area contributed by atoms with E-state index in [-0.39, 0.29) is 35.7 Å². The van der Waals surface area contributed by atoms with Crippen molar-refractivity contribution < 1.29 is 19.7 Å². The lowest BCUT2D eigenvalue weighted by Gasteiger charge is -2.63. The lowest BCUT2D eigenvalue weighted by Crippen LogP contribution is -2.59. The van der Waals surface area contributed by atoms with E-state index in [2.05, 4.69) is 88.4 Å². The van der Waals surface area contributed by atoms with E-state index in [4.69, 9.17) is 9.47 Å². The van der Waals surface area contributed by atoms with Crippen LogP contribution in [0, 0.1) is 52.3 Å². The fraction of sp³-hybridized carbons (Fsp3) is 0.707.